The molecule has 88 valence electrons. The molecule has 1 aromatic carbocycles. The lowest BCUT2D eigenvalue weighted by atomic mass is 10.1. The Morgan fingerprint density at radius 1 is 1.50 bits per heavy atom. The highest BCUT2D eigenvalue weighted by molar-refractivity contribution is 7.98. The molecule has 0 aliphatic heterocycles. The van der Waals surface area contributed by atoms with E-state index in [0.29, 0.717) is 16.5 Å². The first kappa shape index (κ1) is 13.4. The summed E-state index contributed by atoms with van der Waals surface area (Å²) in [6.07, 6.45) is 0. The minimum absolute atomic E-state index is 0.0586. The molecule has 0 atom stereocenters. The van der Waals surface area contributed by atoms with Crippen LogP contribution in [0.25, 0.3) is 0 Å². The van der Waals surface area contributed by atoms with Gasteiger partial charge >= 0.3 is 0 Å². The van der Waals surface area contributed by atoms with Crippen LogP contribution in [-0.4, -0.2) is 11.6 Å². The van der Waals surface area contributed by atoms with E-state index in [-0.39, 0.29) is 5.84 Å². The lowest BCUT2D eigenvalue weighted by Crippen LogP contribution is -2.10. The summed E-state index contributed by atoms with van der Waals surface area (Å²) < 4.78 is 0. The van der Waals surface area contributed by atoms with E-state index in [2.05, 4.69) is 13.8 Å². The number of halogens is 1. The van der Waals surface area contributed by atoms with Crippen molar-refractivity contribution >= 4 is 29.2 Å². The van der Waals surface area contributed by atoms with Gasteiger partial charge < -0.3 is 5.73 Å². The van der Waals surface area contributed by atoms with Gasteiger partial charge in [0.05, 0.1) is 0 Å². The zero-order valence-corrected chi connectivity index (χ0v) is 11.2. The van der Waals surface area contributed by atoms with Crippen LogP contribution in [0.2, 0.25) is 5.02 Å². The van der Waals surface area contributed by atoms with Crippen molar-refractivity contribution in [3.63, 3.8) is 0 Å². The number of amidine groups is 1. The fourth-order valence-corrected chi connectivity index (χ4v) is 2.62. The van der Waals surface area contributed by atoms with Crippen LogP contribution in [0.1, 0.15) is 25.0 Å². The van der Waals surface area contributed by atoms with Crippen molar-refractivity contribution in [1.82, 2.24) is 0 Å². The standard InChI is InChI=1S/C12H17ClN2S/c1-8(2)6-16-7-10-4-3-9(12(14)15)5-11(10)13/h3-5,8H,6-7H2,1-2H3,(H3,14,15). The van der Waals surface area contributed by atoms with Crippen molar-refractivity contribution in [2.75, 3.05) is 5.75 Å². The van der Waals surface area contributed by atoms with Crippen LogP contribution in [0.5, 0.6) is 0 Å². The molecule has 16 heavy (non-hydrogen) atoms. The molecule has 0 unspecified atom stereocenters. The summed E-state index contributed by atoms with van der Waals surface area (Å²) >= 11 is 8.00. The Hall–Kier alpha value is -0.670. The Balaban J connectivity index is 2.64. The molecule has 0 heterocycles. The van der Waals surface area contributed by atoms with Gasteiger partial charge in [-0.3, -0.25) is 5.41 Å². The van der Waals surface area contributed by atoms with Crippen molar-refractivity contribution in [2.24, 2.45) is 11.7 Å². The molecule has 4 heteroatoms. The van der Waals surface area contributed by atoms with Gasteiger partial charge in [-0.1, -0.05) is 37.6 Å². The number of nitrogen functional groups attached to an aromatic ring is 1. The number of hydrogen-bond donors (Lipinski definition) is 2. The maximum atomic E-state index is 7.31. The number of thioether (sulfide) groups is 1. The molecule has 0 aliphatic rings. The van der Waals surface area contributed by atoms with Gasteiger partial charge in [-0.15, -0.1) is 0 Å². The molecular weight excluding hydrogens is 240 g/mol. The van der Waals surface area contributed by atoms with Gasteiger partial charge in [0.15, 0.2) is 0 Å². The zero-order chi connectivity index (χ0) is 12.1. The second kappa shape index (κ2) is 6.16. The quantitative estimate of drug-likeness (QED) is 0.626. The molecule has 0 saturated carbocycles. The number of benzene rings is 1. The molecular formula is C12H17ClN2S. The average Bonchev–Trinajstić information content (AvgIpc) is 2.19. The van der Waals surface area contributed by atoms with Crippen molar-refractivity contribution in [3.8, 4) is 0 Å². The molecule has 0 aliphatic carbocycles. The first-order valence-corrected chi connectivity index (χ1v) is 6.74. The number of rotatable bonds is 5. The van der Waals surface area contributed by atoms with E-state index in [1.54, 1.807) is 6.07 Å². The van der Waals surface area contributed by atoms with Gasteiger partial charge in [0, 0.05) is 16.3 Å². The normalized spacial score (nSPS) is 10.8. The molecule has 0 saturated heterocycles. The molecule has 0 bridgehead atoms. The summed E-state index contributed by atoms with van der Waals surface area (Å²) in [6, 6.07) is 5.56. The monoisotopic (exact) mass is 256 g/mol. The Morgan fingerprint density at radius 3 is 2.69 bits per heavy atom. The molecule has 3 N–H and O–H groups in total. The fourth-order valence-electron chi connectivity index (χ4n) is 1.24. The molecule has 1 aromatic rings. The number of hydrogen-bond acceptors (Lipinski definition) is 2. The maximum absolute atomic E-state index is 7.31. The lowest BCUT2D eigenvalue weighted by molar-refractivity contribution is 0.750. The average molecular weight is 257 g/mol. The largest absolute Gasteiger partial charge is 0.384 e. The van der Waals surface area contributed by atoms with E-state index in [1.807, 2.05) is 23.9 Å². The predicted octanol–water partition coefficient (Wildman–Crippen LogP) is 3.51. The summed E-state index contributed by atoms with van der Waals surface area (Å²) in [7, 11) is 0. The van der Waals surface area contributed by atoms with Crippen LogP contribution in [0.15, 0.2) is 18.2 Å². The highest BCUT2D eigenvalue weighted by Gasteiger charge is 2.04. The topological polar surface area (TPSA) is 49.9 Å². The molecule has 0 spiro atoms. The van der Waals surface area contributed by atoms with E-state index in [0.717, 1.165) is 17.1 Å². The van der Waals surface area contributed by atoms with Gasteiger partial charge in [-0.2, -0.15) is 11.8 Å². The van der Waals surface area contributed by atoms with E-state index < -0.39 is 0 Å². The predicted molar refractivity (Wildman–Crippen MR) is 73.5 cm³/mol. The van der Waals surface area contributed by atoms with Crippen LogP contribution in [0.3, 0.4) is 0 Å². The minimum atomic E-state index is 0.0586. The van der Waals surface area contributed by atoms with E-state index >= 15 is 0 Å². The van der Waals surface area contributed by atoms with Gasteiger partial charge in [-0.25, -0.2) is 0 Å². The molecule has 0 radical (unpaired) electrons. The van der Waals surface area contributed by atoms with Gasteiger partial charge in [0.1, 0.15) is 5.84 Å². The van der Waals surface area contributed by atoms with E-state index in [9.17, 15) is 0 Å². The lowest BCUT2D eigenvalue weighted by Gasteiger charge is -2.07. The first-order chi connectivity index (χ1) is 7.50. The summed E-state index contributed by atoms with van der Waals surface area (Å²) in [5.41, 5.74) is 7.18. The SMILES string of the molecule is CC(C)CSCc1ccc(C(=N)N)cc1Cl. The molecule has 0 fully saturated rings. The van der Waals surface area contributed by atoms with Crippen LogP contribution in [0, 0.1) is 11.3 Å². The maximum Gasteiger partial charge on any atom is 0.122 e. The third-order valence-corrected chi connectivity index (χ3v) is 3.84. The molecule has 0 amide bonds. The Labute approximate surface area is 106 Å². The highest BCUT2D eigenvalue weighted by Crippen LogP contribution is 2.23. The molecule has 0 aromatic heterocycles. The van der Waals surface area contributed by atoms with Crippen molar-refractivity contribution in [1.29, 1.82) is 5.41 Å². The second-order valence-electron chi connectivity index (χ2n) is 4.13. The highest BCUT2D eigenvalue weighted by atomic mass is 35.5. The molecule has 1 rings (SSSR count). The van der Waals surface area contributed by atoms with Gasteiger partial charge in [0.25, 0.3) is 0 Å². The van der Waals surface area contributed by atoms with Gasteiger partial charge in [0.2, 0.25) is 0 Å². The Bertz CT molecular complexity index is 377. The second-order valence-corrected chi connectivity index (χ2v) is 5.57. The number of nitrogens with two attached hydrogens (primary N) is 1. The Morgan fingerprint density at radius 2 is 2.19 bits per heavy atom. The third-order valence-electron chi connectivity index (χ3n) is 2.07. The minimum Gasteiger partial charge on any atom is -0.384 e. The van der Waals surface area contributed by atoms with Crippen LogP contribution >= 0.6 is 23.4 Å². The summed E-state index contributed by atoms with van der Waals surface area (Å²) in [6.45, 7) is 4.40. The van der Waals surface area contributed by atoms with Crippen LogP contribution in [0.4, 0.5) is 0 Å². The fraction of sp³-hybridized carbons (Fsp3) is 0.417. The molecule has 2 nitrogen and oxygen atoms in total. The Kier molecular flexibility index (Phi) is 5.16. The van der Waals surface area contributed by atoms with Gasteiger partial charge in [-0.05, 0) is 23.3 Å². The first-order valence-electron chi connectivity index (χ1n) is 5.21. The van der Waals surface area contributed by atoms with Crippen molar-refractivity contribution < 1.29 is 0 Å². The third kappa shape index (κ3) is 4.06. The van der Waals surface area contributed by atoms with Crippen molar-refractivity contribution in [2.45, 2.75) is 19.6 Å². The summed E-state index contributed by atoms with van der Waals surface area (Å²) in [5, 5.41) is 8.01. The zero-order valence-electron chi connectivity index (χ0n) is 9.59. The summed E-state index contributed by atoms with van der Waals surface area (Å²) in [4.78, 5) is 0. The van der Waals surface area contributed by atoms with Crippen molar-refractivity contribution in [3.05, 3.63) is 34.3 Å². The number of nitrogens with one attached hydrogen (secondary N) is 1. The van der Waals surface area contributed by atoms with Crippen LogP contribution < -0.4 is 5.73 Å². The van der Waals surface area contributed by atoms with E-state index in [1.165, 1.54) is 0 Å². The van der Waals surface area contributed by atoms with Crippen LogP contribution in [-0.2, 0) is 5.75 Å². The van der Waals surface area contributed by atoms with E-state index in [4.69, 9.17) is 22.7 Å². The smallest absolute Gasteiger partial charge is 0.122 e. The summed E-state index contributed by atoms with van der Waals surface area (Å²) in [5.74, 6) is 2.79.